The van der Waals surface area contributed by atoms with E-state index in [1.54, 1.807) is 0 Å². The van der Waals surface area contributed by atoms with Gasteiger partial charge in [0.1, 0.15) is 34.8 Å². The number of carbonyl (C=O) groups excluding carboxylic acids is 6. The van der Waals surface area contributed by atoms with Crippen molar-refractivity contribution in [1.82, 2.24) is 26.2 Å². The Morgan fingerprint density at radius 3 is 1.70 bits per heavy atom. The van der Waals surface area contributed by atoms with E-state index in [1.165, 1.54) is 67.4 Å². The van der Waals surface area contributed by atoms with Crippen LogP contribution in [0.5, 0.6) is 0 Å². The molecule has 0 unspecified atom stereocenters. The van der Waals surface area contributed by atoms with Crippen LogP contribution in [0.3, 0.4) is 0 Å². The van der Waals surface area contributed by atoms with Crippen LogP contribution in [0, 0.1) is 0 Å². The molecule has 43 heavy (non-hydrogen) atoms. The number of likely N-dealkylation sites (tertiary alicyclic amines) is 1. The van der Waals surface area contributed by atoms with E-state index < -0.39 is 63.9 Å². The number of methoxy groups -OCH3 is 1. The molecule has 1 saturated heterocycles. The van der Waals surface area contributed by atoms with Crippen molar-refractivity contribution in [2.24, 2.45) is 0 Å². The molecule has 0 spiro atoms. The summed E-state index contributed by atoms with van der Waals surface area (Å²) in [5.74, 6) is -3.17. The number of benzene rings is 1. The molecule has 1 aromatic rings. The van der Waals surface area contributed by atoms with Gasteiger partial charge in [-0.15, -0.1) is 0 Å². The second kappa shape index (κ2) is 13.4. The zero-order chi connectivity index (χ0) is 32.8. The van der Waals surface area contributed by atoms with Crippen molar-refractivity contribution < 1.29 is 38.2 Å². The Morgan fingerprint density at radius 2 is 1.21 bits per heavy atom. The predicted octanol–water partition coefficient (Wildman–Crippen LogP) is 1.54. The molecule has 1 atom stereocenters. The van der Waals surface area contributed by atoms with Crippen molar-refractivity contribution in [2.45, 2.75) is 103 Å². The minimum Gasteiger partial charge on any atom is -0.467 e. The summed E-state index contributed by atoms with van der Waals surface area (Å²) in [5, 5.41) is 10.5. The van der Waals surface area contributed by atoms with Crippen LogP contribution in [0.25, 0.3) is 0 Å². The van der Waals surface area contributed by atoms with E-state index in [0.717, 1.165) is 5.56 Å². The van der Waals surface area contributed by atoms with Crippen LogP contribution in [-0.2, 0) is 40.1 Å². The SMILES string of the molecule is COC(=O)C(C)(C)NC(=O)C(C)(C)NC(=O)C(C)(C)NC(=O)C(C)(C)NC(=O)[C@@H]1CCCN1C(=O)OCc1ccccc1. The number of hydrogen-bond acceptors (Lipinski definition) is 8. The Labute approximate surface area is 252 Å². The lowest BCUT2D eigenvalue weighted by molar-refractivity contribution is -0.150. The number of nitrogens with one attached hydrogen (secondary N) is 4. The Hall–Kier alpha value is -4.16. The first kappa shape index (κ1) is 35.0. The minimum atomic E-state index is -1.50. The molecule has 13 nitrogen and oxygen atoms in total. The van der Waals surface area contributed by atoms with Gasteiger partial charge in [-0.1, -0.05) is 30.3 Å². The number of esters is 1. The normalized spacial score (nSPS) is 15.7. The summed E-state index contributed by atoms with van der Waals surface area (Å²) in [5.41, 5.74) is -4.96. The topological polar surface area (TPSA) is 172 Å². The van der Waals surface area contributed by atoms with Crippen molar-refractivity contribution in [3.8, 4) is 0 Å². The Kier molecular flexibility index (Phi) is 10.9. The highest BCUT2D eigenvalue weighted by Gasteiger charge is 2.43. The van der Waals surface area contributed by atoms with Gasteiger partial charge >= 0.3 is 12.1 Å². The first-order chi connectivity index (χ1) is 19.7. The molecule has 1 aliphatic heterocycles. The number of ether oxygens (including phenoxy) is 2. The molecule has 2 rings (SSSR count). The van der Waals surface area contributed by atoms with Gasteiger partial charge in [-0.05, 0) is 73.8 Å². The molecule has 238 valence electrons. The highest BCUT2D eigenvalue weighted by atomic mass is 16.6. The second-order valence-corrected chi connectivity index (χ2v) is 12.7. The third kappa shape index (κ3) is 9.16. The van der Waals surface area contributed by atoms with E-state index >= 15 is 0 Å². The van der Waals surface area contributed by atoms with Crippen LogP contribution in [-0.4, -0.2) is 82.4 Å². The molecule has 4 N–H and O–H groups in total. The maximum atomic E-state index is 13.3. The maximum absolute atomic E-state index is 13.3. The van der Waals surface area contributed by atoms with Crippen LogP contribution < -0.4 is 21.3 Å². The molecule has 1 fully saturated rings. The summed E-state index contributed by atoms with van der Waals surface area (Å²) in [6.45, 7) is 12.1. The molecule has 1 aromatic carbocycles. The molecule has 5 amide bonds. The summed E-state index contributed by atoms with van der Waals surface area (Å²) in [4.78, 5) is 78.6. The average Bonchev–Trinajstić information content (AvgIpc) is 3.41. The molecule has 0 saturated carbocycles. The van der Waals surface area contributed by atoms with Crippen LogP contribution in [0.2, 0.25) is 0 Å². The smallest absolute Gasteiger partial charge is 0.410 e. The van der Waals surface area contributed by atoms with E-state index in [-0.39, 0.29) is 6.61 Å². The third-order valence-electron chi connectivity index (χ3n) is 7.11. The fourth-order valence-electron chi connectivity index (χ4n) is 4.25. The summed E-state index contributed by atoms with van der Waals surface area (Å²) < 4.78 is 10.1. The fraction of sp³-hybridized carbons (Fsp3) is 0.600. The van der Waals surface area contributed by atoms with Crippen molar-refractivity contribution in [3.63, 3.8) is 0 Å². The number of amides is 5. The molecular weight excluding hydrogens is 558 g/mol. The van der Waals surface area contributed by atoms with E-state index in [4.69, 9.17) is 9.47 Å². The first-order valence-electron chi connectivity index (χ1n) is 14.1. The number of hydrogen-bond donors (Lipinski definition) is 4. The highest BCUT2D eigenvalue weighted by Crippen LogP contribution is 2.21. The monoisotopic (exact) mass is 603 g/mol. The van der Waals surface area contributed by atoms with Gasteiger partial charge in [-0.25, -0.2) is 9.59 Å². The van der Waals surface area contributed by atoms with Crippen molar-refractivity contribution in [2.75, 3.05) is 13.7 Å². The fourth-order valence-corrected chi connectivity index (χ4v) is 4.25. The van der Waals surface area contributed by atoms with Gasteiger partial charge < -0.3 is 30.7 Å². The van der Waals surface area contributed by atoms with Crippen molar-refractivity contribution in [3.05, 3.63) is 35.9 Å². The van der Waals surface area contributed by atoms with Crippen LogP contribution in [0.4, 0.5) is 4.79 Å². The lowest BCUT2D eigenvalue weighted by Gasteiger charge is -2.36. The maximum Gasteiger partial charge on any atom is 0.410 e. The quantitative estimate of drug-likeness (QED) is 0.276. The van der Waals surface area contributed by atoms with Gasteiger partial charge in [-0.3, -0.25) is 24.1 Å². The summed E-state index contributed by atoms with van der Waals surface area (Å²) in [6.07, 6.45) is 0.378. The van der Waals surface area contributed by atoms with Crippen LogP contribution >= 0.6 is 0 Å². The zero-order valence-electron chi connectivity index (χ0n) is 26.5. The van der Waals surface area contributed by atoms with Crippen molar-refractivity contribution >= 4 is 35.7 Å². The van der Waals surface area contributed by atoms with E-state index in [0.29, 0.717) is 19.4 Å². The first-order valence-corrected chi connectivity index (χ1v) is 14.1. The lowest BCUT2D eigenvalue weighted by atomic mass is 9.95. The van der Waals surface area contributed by atoms with Gasteiger partial charge in [0.2, 0.25) is 23.6 Å². The standard InChI is InChI=1S/C30H45N5O8/c1-27(2,31-21(36)20-16-13-17-35(20)26(41)43-18-19-14-11-10-12-15-19)22(37)32-28(3,4)23(38)33-29(5,6)24(39)34-30(7,8)25(40)42-9/h10-12,14-15,20H,13,16-18H2,1-9H3,(H,31,36)(H,32,37)(H,33,38)(H,34,39)/t20-/m0/s1. The second-order valence-electron chi connectivity index (χ2n) is 12.7. The van der Waals surface area contributed by atoms with E-state index in [1.807, 2.05) is 30.3 Å². The Bertz CT molecular complexity index is 1230. The zero-order valence-corrected chi connectivity index (χ0v) is 26.5. The molecule has 0 bridgehead atoms. The number of rotatable bonds is 11. The molecular formula is C30H45N5O8. The van der Waals surface area contributed by atoms with Crippen molar-refractivity contribution in [1.29, 1.82) is 0 Å². The number of nitrogens with zero attached hydrogens (tertiary/aromatic N) is 1. The summed E-state index contributed by atoms with van der Waals surface area (Å²) in [7, 11) is 1.20. The van der Waals surface area contributed by atoms with Gasteiger partial charge in [0.15, 0.2) is 0 Å². The largest absolute Gasteiger partial charge is 0.467 e. The summed E-state index contributed by atoms with van der Waals surface area (Å²) in [6, 6.07) is 8.35. The number of carbonyl (C=O) groups is 6. The van der Waals surface area contributed by atoms with Crippen LogP contribution in [0.15, 0.2) is 30.3 Å². The molecule has 1 aliphatic rings. The highest BCUT2D eigenvalue weighted by molar-refractivity contribution is 6.00. The van der Waals surface area contributed by atoms with Crippen LogP contribution in [0.1, 0.15) is 73.8 Å². The minimum absolute atomic E-state index is 0.0665. The van der Waals surface area contributed by atoms with Gasteiger partial charge in [-0.2, -0.15) is 0 Å². The van der Waals surface area contributed by atoms with E-state index in [2.05, 4.69) is 21.3 Å². The molecule has 1 heterocycles. The average molecular weight is 604 g/mol. The Balaban J connectivity index is 2.00. The van der Waals surface area contributed by atoms with Gasteiger partial charge in [0, 0.05) is 6.54 Å². The third-order valence-corrected chi connectivity index (χ3v) is 7.11. The Morgan fingerprint density at radius 1 is 0.744 bits per heavy atom. The van der Waals surface area contributed by atoms with Gasteiger partial charge in [0.05, 0.1) is 7.11 Å². The lowest BCUT2D eigenvalue weighted by Crippen LogP contribution is -2.67. The van der Waals surface area contributed by atoms with Gasteiger partial charge in [0.25, 0.3) is 0 Å². The molecule has 0 aliphatic carbocycles. The predicted molar refractivity (Wildman–Crippen MR) is 157 cm³/mol. The molecule has 0 radical (unpaired) electrons. The molecule has 13 heteroatoms. The summed E-state index contributed by atoms with van der Waals surface area (Å²) >= 11 is 0. The van der Waals surface area contributed by atoms with E-state index in [9.17, 15) is 28.8 Å². The molecule has 0 aromatic heterocycles.